The molecule has 1 aliphatic heterocycles. The lowest BCUT2D eigenvalue weighted by Crippen LogP contribution is -2.55. The van der Waals surface area contributed by atoms with Crippen LogP contribution < -0.4 is 5.32 Å². The Bertz CT molecular complexity index is 916. The zero-order chi connectivity index (χ0) is 23.7. The molecule has 2 unspecified atom stereocenters. The molecule has 6 nitrogen and oxygen atoms in total. The van der Waals surface area contributed by atoms with Crippen LogP contribution in [-0.2, 0) is 21.0 Å². The zero-order valence-corrected chi connectivity index (χ0v) is 19.5. The van der Waals surface area contributed by atoms with Crippen molar-refractivity contribution >= 4 is 15.9 Å². The standard InChI is InChI=1S/C22H32F3N3O3S/c1-15(2)12-20(26-3)21(29)27-11-5-7-18(14-27)28(17-9-10-17)32(30,31)19-8-4-6-16(13-19)22(23,24)25/h4,6,8,13,15,17-18,20,26H,5,7,9-12,14H2,1-3H3. The van der Waals surface area contributed by atoms with Gasteiger partial charge in [0, 0.05) is 25.2 Å². The summed E-state index contributed by atoms with van der Waals surface area (Å²) in [6.07, 6.45) is -1.37. The highest BCUT2D eigenvalue weighted by Crippen LogP contribution is 2.38. The van der Waals surface area contributed by atoms with Crippen LogP contribution in [-0.4, -0.2) is 61.8 Å². The number of hydrogen-bond donors (Lipinski definition) is 1. The number of likely N-dealkylation sites (tertiary alicyclic amines) is 1. The number of halogens is 3. The third-order valence-corrected chi connectivity index (χ3v) is 8.07. The molecule has 1 N–H and O–H groups in total. The molecular formula is C22H32F3N3O3S. The van der Waals surface area contributed by atoms with Crippen LogP contribution in [0.5, 0.6) is 0 Å². The largest absolute Gasteiger partial charge is 0.416 e. The molecule has 180 valence electrons. The van der Waals surface area contributed by atoms with Gasteiger partial charge in [0.2, 0.25) is 15.9 Å². The summed E-state index contributed by atoms with van der Waals surface area (Å²) in [7, 11) is -2.40. The highest BCUT2D eigenvalue weighted by atomic mass is 32.2. The SMILES string of the molecule is CNC(CC(C)C)C(=O)N1CCCC(N(C2CC2)S(=O)(=O)c2cccc(C(F)(F)F)c2)C1. The first-order valence-electron chi connectivity index (χ1n) is 11.1. The van der Waals surface area contributed by atoms with Crippen molar-refractivity contribution in [2.75, 3.05) is 20.1 Å². The second kappa shape index (κ2) is 9.69. The average Bonchev–Trinajstić information content (AvgIpc) is 3.56. The van der Waals surface area contributed by atoms with Gasteiger partial charge < -0.3 is 10.2 Å². The average molecular weight is 476 g/mol. The van der Waals surface area contributed by atoms with Crippen molar-refractivity contribution in [1.82, 2.24) is 14.5 Å². The Morgan fingerprint density at radius 2 is 1.91 bits per heavy atom. The molecule has 2 aliphatic rings. The minimum atomic E-state index is -4.62. The van der Waals surface area contributed by atoms with Gasteiger partial charge in [-0.2, -0.15) is 17.5 Å². The number of rotatable bonds is 8. The fourth-order valence-electron chi connectivity index (χ4n) is 4.37. The van der Waals surface area contributed by atoms with Gasteiger partial charge >= 0.3 is 6.18 Å². The Labute approximate surface area is 188 Å². The molecule has 1 saturated heterocycles. The number of hydrogen-bond acceptors (Lipinski definition) is 4. The van der Waals surface area contributed by atoms with Gasteiger partial charge in [-0.15, -0.1) is 0 Å². The van der Waals surface area contributed by atoms with Crippen molar-refractivity contribution in [1.29, 1.82) is 0 Å². The van der Waals surface area contributed by atoms with E-state index in [1.807, 2.05) is 13.8 Å². The number of piperidine rings is 1. The van der Waals surface area contributed by atoms with E-state index >= 15 is 0 Å². The third kappa shape index (κ3) is 5.63. The monoisotopic (exact) mass is 475 g/mol. The van der Waals surface area contributed by atoms with E-state index in [2.05, 4.69) is 5.32 Å². The van der Waals surface area contributed by atoms with Crippen LogP contribution in [0.25, 0.3) is 0 Å². The van der Waals surface area contributed by atoms with Crippen LogP contribution >= 0.6 is 0 Å². The van der Waals surface area contributed by atoms with Gasteiger partial charge in [-0.1, -0.05) is 19.9 Å². The minimum absolute atomic E-state index is 0.0573. The predicted molar refractivity (Wildman–Crippen MR) is 115 cm³/mol. The Balaban J connectivity index is 1.85. The number of alkyl halides is 3. The van der Waals surface area contributed by atoms with Gasteiger partial charge in [-0.25, -0.2) is 8.42 Å². The van der Waals surface area contributed by atoms with Crippen molar-refractivity contribution in [3.05, 3.63) is 29.8 Å². The van der Waals surface area contributed by atoms with Crippen molar-refractivity contribution in [3.8, 4) is 0 Å². The van der Waals surface area contributed by atoms with Gasteiger partial charge in [0.05, 0.1) is 16.5 Å². The quantitative estimate of drug-likeness (QED) is 0.625. The first-order chi connectivity index (χ1) is 14.9. The van der Waals surface area contributed by atoms with E-state index in [9.17, 15) is 26.4 Å². The van der Waals surface area contributed by atoms with Crippen LogP contribution in [0.2, 0.25) is 0 Å². The number of carbonyl (C=O) groups is 1. The molecule has 0 bridgehead atoms. The molecule has 1 saturated carbocycles. The molecule has 0 aromatic heterocycles. The summed E-state index contributed by atoms with van der Waals surface area (Å²) in [6, 6.07) is 2.89. The number of sulfonamides is 1. The van der Waals surface area contributed by atoms with Gasteiger partial charge in [-0.05, 0) is 63.3 Å². The number of nitrogens with zero attached hydrogens (tertiary/aromatic N) is 2. The zero-order valence-electron chi connectivity index (χ0n) is 18.7. The highest BCUT2D eigenvalue weighted by Gasteiger charge is 2.45. The molecule has 2 fully saturated rings. The van der Waals surface area contributed by atoms with Crippen LogP contribution in [0, 0.1) is 5.92 Å². The van der Waals surface area contributed by atoms with Crippen molar-refractivity contribution in [3.63, 3.8) is 0 Å². The second-order valence-corrected chi connectivity index (χ2v) is 11.0. The van der Waals surface area contributed by atoms with Gasteiger partial charge in [-0.3, -0.25) is 4.79 Å². The normalized spacial score (nSPS) is 21.2. The first kappa shape index (κ1) is 25.0. The number of benzene rings is 1. The summed E-state index contributed by atoms with van der Waals surface area (Å²) in [4.78, 5) is 14.4. The predicted octanol–water partition coefficient (Wildman–Crippen LogP) is 3.48. The van der Waals surface area contributed by atoms with E-state index in [-0.39, 0.29) is 29.4 Å². The molecule has 1 aromatic carbocycles. The highest BCUT2D eigenvalue weighted by molar-refractivity contribution is 7.89. The van der Waals surface area contributed by atoms with E-state index in [0.717, 1.165) is 12.1 Å². The second-order valence-electron chi connectivity index (χ2n) is 9.14. The number of likely N-dealkylation sites (N-methyl/N-ethyl adjacent to an activating group) is 1. The molecule has 0 spiro atoms. The summed E-state index contributed by atoms with van der Waals surface area (Å²) in [6.45, 7) is 4.87. The molecule has 1 aliphatic carbocycles. The molecule has 32 heavy (non-hydrogen) atoms. The lowest BCUT2D eigenvalue weighted by molar-refractivity contribution is -0.138. The molecular weight excluding hydrogens is 443 g/mol. The van der Waals surface area contributed by atoms with Crippen LogP contribution in [0.15, 0.2) is 29.2 Å². The smallest absolute Gasteiger partial charge is 0.340 e. The topological polar surface area (TPSA) is 69.7 Å². The summed E-state index contributed by atoms with van der Waals surface area (Å²) in [5, 5.41) is 3.06. The molecule has 1 heterocycles. The molecule has 2 atom stereocenters. The summed E-state index contributed by atoms with van der Waals surface area (Å²) >= 11 is 0. The molecule has 10 heteroatoms. The van der Waals surface area contributed by atoms with E-state index in [0.29, 0.717) is 50.6 Å². The van der Waals surface area contributed by atoms with E-state index in [1.165, 1.54) is 10.4 Å². The van der Waals surface area contributed by atoms with Crippen molar-refractivity contribution in [2.24, 2.45) is 5.92 Å². The van der Waals surface area contributed by atoms with Crippen molar-refractivity contribution < 1.29 is 26.4 Å². The first-order valence-corrected chi connectivity index (χ1v) is 12.6. The lowest BCUT2D eigenvalue weighted by Gasteiger charge is -2.40. The maximum Gasteiger partial charge on any atom is 0.416 e. The molecule has 3 rings (SSSR count). The molecule has 1 amide bonds. The van der Waals surface area contributed by atoms with Crippen LogP contribution in [0.3, 0.4) is 0 Å². The fraction of sp³-hybridized carbons (Fsp3) is 0.682. The van der Waals surface area contributed by atoms with Gasteiger partial charge in [0.1, 0.15) is 0 Å². The summed E-state index contributed by atoms with van der Waals surface area (Å²) in [5.41, 5.74) is -0.986. The number of nitrogens with one attached hydrogen (secondary N) is 1. The van der Waals surface area contributed by atoms with E-state index in [4.69, 9.17) is 0 Å². The fourth-order valence-corrected chi connectivity index (χ4v) is 6.31. The summed E-state index contributed by atoms with van der Waals surface area (Å²) in [5.74, 6) is 0.263. The Morgan fingerprint density at radius 1 is 1.22 bits per heavy atom. The van der Waals surface area contributed by atoms with E-state index in [1.54, 1.807) is 11.9 Å². The summed E-state index contributed by atoms with van der Waals surface area (Å²) < 4.78 is 67.8. The third-order valence-electron chi connectivity index (χ3n) is 6.07. The maximum atomic E-state index is 13.4. The number of carbonyl (C=O) groups excluding carboxylic acids is 1. The van der Waals surface area contributed by atoms with Gasteiger partial charge in [0.25, 0.3) is 0 Å². The van der Waals surface area contributed by atoms with Crippen molar-refractivity contribution in [2.45, 2.75) is 75.1 Å². The van der Waals surface area contributed by atoms with Crippen LogP contribution in [0.1, 0.15) is 51.5 Å². The van der Waals surface area contributed by atoms with Crippen LogP contribution in [0.4, 0.5) is 13.2 Å². The lowest BCUT2D eigenvalue weighted by atomic mass is 10.00. The molecule has 1 aromatic rings. The maximum absolute atomic E-state index is 13.4. The Morgan fingerprint density at radius 3 is 2.47 bits per heavy atom. The minimum Gasteiger partial charge on any atom is -0.340 e. The molecule has 0 radical (unpaired) electrons. The Hall–Kier alpha value is -1.65. The Kier molecular flexibility index (Phi) is 7.56. The van der Waals surface area contributed by atoms with Gasteiger partial charge in [0.15, 0.2) is 0 Å². The number of amides is 1. The van der Waals surface area contributed by atoms with E-state index < -0.39 is 27.8 Å².